The average molecular weight is 381 g/mol. The van der Waals surface area contributed by atoms with Gasteiger partial charge >= 0.3 is 5.63 Å². The Morgan fingerprint density at radius 2 is 1.62 bits per heavy atom. The fourth-order valence-corrected chi connectivity index (χ4v) is 3.77. The average Bonchev–Trinajstić information content (AvgIpc) is 3.11. The maximum absolute atomic E-state index is 12.8. The number of furan rings is 1. The van der Waals surface area contributed by atoms with Crippen molar-refractivity contribution in [1.82, 2.24) is 0 Å². The van der Waals surface area contributed by atoms with E-state index in [1.807, 2.05) is 54.6 Å². The summed E-state index contributed by atoms with van der Waals surface area (Å²) < 4.78 is 11.5. The second-order valence-electron chi connectivity index (χ2n) is 7.06. The van der Waals surface area contributed by atoms with Crippen molar-refractivity contribution >= 4 is 27.6 Å². The third-order valence-electron chi connectivity index (χ3n) is 5.08. The Morgan fingerprint density at radius 1 is 0.862 bits per heavy atom. The Labute approximate surface area is 167 Å². The van der Waals surface area contributed by atoms with E-state index in [0.717, 1.165) is 27.5 Å². The minimum Gasteiger partial charge on any atom is -0.440 e. The predicted molar refractivity (Wildman–Crippen MR) is 116 cm³/mol. The Morgan fingerprint density at radius 3 is 2.48 bits per heavy atom. The SMILES string of the molecule is Cc1cc2oc(NCc3ccccc3)c(-c3cccc4ccccc34)c2c(=O)o1. The van der Waals surface area contributed by atoms with E-state index in [2.05, 4.69) is 23.5 Å². The van der Waals surface area contributed by atoms with Crippen LogP contribution in [0.25, 0.3) is 32.9 Å². The first kappa shape index (κ1) is 17.3. The standard InChI is InChI=1S/C25H19NO3/c1-16-14-21-23(25(27)28-16)22(20-13-7-11-18-10-5-6-12-19(18)20)24(29-21)26-15-17-8-3-2-4-9-17/h2-14,26H,15H2,1H3. The van der Waals surface area contributed by atoms with Crippen LogP contribution in [0.15, 0.2) is 92.5 Å². The van der Waals surface area contributed by atoms with E-state index in [4.69, 9.17) is 8.83 Å². The highest BCUT2D eigenvalue weighted by molar-refractivity contribution is 6.08. The third kappa shape index (κ3) is 3.09. The van der Waals surface area contributed by atoms with E-state index in [1.165, 1.54) is 0 Å². The van der Waals surface area contributed by atoms with Gasteiger partial charge in [-0.15, -0.1) is 0 Å². The molecule has 5 rings (SSSR count). The lowest BCUT2D eigenvalue weighted by molar-refractivity contribution is 0.485. The fraction of sp³-hybridized carbons (Fsp3) is 0.0800. The van der Waals surface area contributed by atoms with Crippen LogP contribution in [-0.2, 0) is 6.54 Å². The Bertz CT molecular complexity index is 1370. The summed E-state index contributed by atoms with van der Waals surface area (Å²) >= 11 is 0. The molecule has 0 saturated carbocycles. The zero-order chi connectivity index (χ0) is 19.8. The molecule has 0 saturated heterocycles. The van der Waals surface area contributed by atoms with E-state index < -0.39 is 0 Å². The van der Waals surface area contributed by atoms with Gasteiger partial charge in [-0.25, -0.2) is 4.79 Å². The minimum absolute atomic E-state index is 0.389. The van der Waals surface area contributed by atoms with Crippen LogP contribution < -0.4 is 10.9 Å². The highest BCUT2D eigenvalue weighted by atomic mass is 16.4. The van der Waals surface area contributed by atoms with Crippen LogP contribution in [0.2, 0.25) is 0 Å². The van der Waals surface area contributed by atoms with Crippen molar-refractivity contribution in [2.45, 2.75) is 13.5 Å². The number of anilines is 1. The molecule has 0 aliphatic rings. The van der Waals surface area contributed by atoms with Gasteiger partial charge in [-0.2, -0.15) is 0 Å². The zero-order valence-corrected chi connectivity index (χ0v) is 15.9. The molecule has 5 aromatic rings. The van der Waals surface area contributed by atoms with Gasteiger partial charge in [-0.05, 0) is 28.8 Å². The molecule has 4 nitrogen and oxygen atoms in total. The van der Waals surface area contributed by atoms with Gasteiger partial charge in [0.05, 0.1) is 5.56 Å². The second kappa shape index (κ2) is 6.99. The predicted octanol–water partition coefficient (Wildman–Crippen LogP) is 6.13. The molecule has 142 valence electrons. The van der Waals surface area contributed by atoms with Crippen molar-refractivity contribution in [3.05, 3.63) is 101 Å². The van der Waals surface area contributed by atoms with Gasteiger partial charge in [0.2, 0.25) is 5.88 Å². The first-order chi connectivity index (χ1) is 14.2. The second-order valence-corrected chi connectivity index (χ2v) is 7.06. The molecule has 0 radical (unpaired) electrons. The summed E-state index contributed by atoms with van der Waals surface area (Å²) in [4.78, 5) is 12.8. The van der Waals surface area contributed by atoms with E-state index >= 15 is 0 Å². The van der Waals surface area contributed by atoms with Crippen molar-refractivity contribution in [1.29, 1.82) is 0 Å². The summed E-state index contributed by atoms with van der Waals surface area (Å²) in [6.07, 6.45) is 0. The van der Waals surface area contributed by atoms with E-state index in [-0.39, 0.29) is 5.63 Å². The van der Waals surface area contributed by atoms with Crippen molar-refractivity contribution in [3.63, 3.8) is 0 Å². The summed E-state index contributed by atoms with van der Waals surface area (Å²) in [5.74, 6) is 1.09. The van der Waals surface area contributed by atoms with Gasteiger partial charge in [0.15, 0.2) is 0 Å². The van der Waals surface area contributed by atoms with Crippen LogP contribution in [0.5, 0.6) is 0 Å². The van der Waals surface area contributed by atoms with Gasteiger partial charge in [0, 0.05) is 12.6 Å². The number of rotatable bonds is 4. The molecule has 0 bridgehead atoms. The maximum atomic E-state index is 12.8. The smallest absolute Gasteiger partial charge is 0.347 e. The van der Waals surface area contributed by atoms with Crippen molar-refractivity contribution in [3.8, 4) is 11.1 Å². The summed E-state index contributed by atoms with van der Waals surface area (Å²) in [7, 11) is 0. The number of aryl methyl sites for hydroxylation is 1. The Kier molecular flexibility index (Phi) is 4.17. The largest absolute Gasteiger partial charge is 0.440 e. The molecule has 2 heterocycles. The minimum atomic E-state index is -0.389. The topological polar surface area (TPSA) is 55.4 Å². The molecule has 3 aromatic carbocycles. The Hall–Kier alpha value is -3.79. The Balaban J connectivity index is 1.75. The van der Waals surface area contributed by atoms with E-state index in [1.54, 1.807) is 13.0 Å². The molecule has 2 aromatic heterocycles. The monoisotopic (exact) mass is 381 g/mol. The number of hydrogen-bond acceptors (Lipinski definition) is 4. The lowest BCUT2D eigenvalue weighted by Gasteiger charge is -2.09. The first-order valence-corrected chi connectivity index (χ1v) is 9.54. The number of fused-ring (bicyclic) bond motifs is 2. The van der Waals surface area contributed by atoms with Gasteiger partial charge in [0.25, 0.3) is 0 Å². The van der Waals surface area contributed by atoms with Gasteiger partial charge in [0.1, 0.15) is 16.7 Å². The van der Waals surface area contributed by atoms with Crippen molar-refractivity contribution in [2.24, 2.45) is 0 Å². The summed E-state index contributed by atoms with van der Waals surface area (Å²) in [6, 6.07) is 26.0. The highest BCUT2D eigenvalue weighted by Crippen LogP contribution is 2.40. The van der Waals surface area contributed by atoms with E-state index in [0.29, 0.717) is 29.2 Å². The summed E-state index contributed by atoms with van der Waals surface area (Å²) in [5.41, 5.74) is 2.94. The van der Waals surface area contributed by atoms with Gasteiger partial charge in [-0.1, -0.05) is 72.8 Å². The van der Waals surface area contributed by atoms with Crippen LogP contribution in [0.4, 0.5) is 5.88 Å². The lowest BCUT2D eigenvalue weighted by atomic mass is 9.97. The fourth-order valence-electron chi connectivity index (χ4n) is 3.77. The molecule has 0 aliphatic heterocycles. The van der Waals surface area contributed by atoms with Crippen LogP contribution >= 0.6 is 0 Å². The third-order valence-corrected chi connectivity index (χ3v) is 5.08. The molecule has 0 aliphatic carbocycles. The molecule has 0 atom stereocenters. The molecule has 1 N–H and O–H groups in total. The molecule has 0 amide bonds. The normalized spacial score (nSPS) is 11.2. The molecule has 29 heavy (non-hydrogen) atoms. The van der Waals surface area contributed by atoms with Gasteiger partial charge in [-0.3, -0.25) is 0 Å². The first-order valence-electron chi connectivity index (χ1n) is 9.54. The summed E-state index contributed by atoms with van der Waals surface area (Å²) in [5, 5.41) is 6.00. The van der Waals surface area contributed by atoms with Crippen LogP contribution in [0, 0.1) is 6.92 Å². The van der Waals surface area contributed by atoms with Crippen LogP contribution in [0.3, 0.4) is 0 Å². The number of nitrogens with one attached hydrogen (secondary N) is 1. The van der Waals surface area contributed by atoms with Crippen molar-refractivity contribution < 1.29 is 8.83 Å². The van der Waals surface area contributed by atoms with Crippen LogP contribution in [-0.4, -0.2) is 0 Å². The quantitative estimate of drug-likeness (QED) is 0.407. The molecule has 0 unspecified atom stereocenters. The highest BCUT2D eigenvalue weighted by Gasteiger charge is 2.21. The molecule has 0 fully saturated rings. The lowest BCUT2D eigenvalue weighted by Crippen LogP contribution is -2.02. The molecule has 0 spiro atoms. The van der Waals surface area contributed by atoms with E-state index in [9.17, 15) is 4.79 Å². The number of hydrogen-bond donors (Lipinski definition) is 1. The van der Waals surface area contributed by atoms with Gasteiger partial charge < -0.3 is 14.2 Å². The zero-order valence-electron chi connectivity index (χ0n) is 15.9. The number of benzene rings is 3. The molecular formula is C25H19NO3. The maximum Gasteiger partial charge on any atom is 0.347 e. The summed E-state index contributed by atoms with van der Waals surface area (Å²) in [6.45, 7) is 2.33. The van der Waals surface area contributed by atoms with Crippen molar-refractivity contribution in [2.75, 3.05) is 5.32 Å². The molecular weight excluding hydrogens is 362 g/mol. The van der Waals surface area contributed by atoms with Crippen LogP contribution in [0.1, 0.15) is 11.3 Å². The molecule has 4 heteroatoms.